The van der Waals surface area contributed by atoms with Crippen LogP contribution >= 0.6 is 0 Å². The lowest BCUT2D eigenvalue weighted by Gasteiger charge is -2.22. The number of para-hydroxylation sites is 1. The van der Waals surface area contributed by atoms with E-state index in [9.17, 15) is 22.8 Å². The number of ether oxygens (including phenoxy) is 1. The smallest absolute Gasteiger partial charge is 0.411 e. The summed E-state index contributed by atoms with van der Waals surface area (Å²) < 4.78 is 40.2. The number of benzene rings is 1. The molecule has 1 amide bonds. The van der Waals surface area contributed by atoms with Crippen molar-refractivity contribution in [2.24, 2.45) is 0 Å². The van der Waals surface area contributed by atoms with Crippen molar-refractivity contribution in [1.29, 1.82) is 0 Å². The first-order valence-corrected chi connectivity index (χ1v) is 6.01. The molecule has 5 nitrogen and oxygen atoms in total. The highest BCUT2D eigenvalue weighted by Crippen LogP contribution is 2.16. The number of alkyl halides is 3. The lowest BCUT2D eigenvalue weighted by Crippen LogP contribution is -2.36. The molecular formula is C13H14F3NO4. The van der Waals surface area contributed by atoms with E-state index in [1.165, 1.54) is 0 Å². The maximum atomic E-state index is 12.0. The number of amides is 1. The molecule has 0 saturated heterocycles. The van der Waals surface area contributed by atoms with E-state index in [1.807, 2.05) is 0 Å². The van der Waals surface area contributed by atoms with Crippen LogP contribution in [-0.4, -0.2) is 42.9 Å². The van der Waals surface area contributed by atoms with Crippen molar-refractivity contribution in [3.05, 3.63) is 30.3 Å². The molecule has 0 saturated carbocycles. The summed E-state index contributed by atoms with van der Waals surface area (Å²) in [4.78, 5) is 23.6. The Bertz CT molecular complexity index is 476. The largest absolute Gasteiger partial charge is 0.481 e. The number of carbonyl (C=O) groups is 2. The first-order chi connectivity index (χ1) is 9.79. The monoisotopic (exact) mass is 305 g/mol. The van der Waals surface area contributed by atoms with Gasteiger partial charge >= 0.3 is 12.1 Å². The Kier molecular flexibility index (Phi) is 6.16. The third kappa shape index (κ3) is 6.75. The van der Waals surface area contributed by atoms with Crippen LogP contribution in [0.3, 0.4) is 0 Å². The van der Waals surface area contributed by atoms with Crippen LogP contribution in [0.4, 0.5) is 18.9 Å². The van der Waals surface area contributed by atoms with Gasteiger partial charge in [0.05, 0.1) is 6.42 Å². The third-order valence-electron chi connectivity index (χ3n) is 2.41. The minimum absolute atomic E-state index is 0.145. The summed E-state index contributed by atoms with van der Waals surface area (Å²) in [6.07, 6.45) is -4.83. The molecule has 0 heterocycles. The fourth-order valence-electron chi connectivity index (χ4n) is 1.55. The molecule has 1 aromatic carbocycles. The van der Waals surface area contributed by atoms with Gasteiger partial charge in [-0.3, -0.25) is 9.59 Å². The summed E-state index contributed by atoms with van der Waals surface area (Å²) in [7, 11) is 0. The van der Waals surface area contributed by atoms with Crippen molar-refractivity contribution in [1.82, 2.24) is 0 Å². The lowest BCUT2D eigenvalue weighted by molar-refractivity contribution is -0.175. The van der Waals surface area contributed by atoms with Crippen molar-refractivity contribution in [3.63, 3.8) is 0 Å². The summed E-state index contributed by atoms with van der Waals surface area (Å²) in [5, 5.41) is 8.66. The quantitative estimate of drug-likeness (QED) is 0.837. The van der Waals surface area contributed by atoms with Gasteiger partial charge in [0.1, 0.15) is 13.2 Å². The first kappa shape index (κ1) is 17.0. The summed E-state index contributed by atoms with van der Waals surface area (Å²) >= 11 is 0. The van der Waals surface area contributed by atoms with Gasteiger partial charge in [0.15, 0.2) is 0 Å². The van der Waals surface area contributed by atoms with Crippen molar-refractivity contribution in [2.45, 2.75) is 12.6 Å². The number of carboxylic acid groups (broad SMARTS) is 1. The van der Waals surface area contributed by atoms with Gasteiger partial charge in [-0.15, -0.1) is 0 Å². The van der Waals surface area contributed by atoms with Gasteiger partial charge in [-0.2, -0.15) is 13.2 Å². The molecule has 0 aliphatic carbocycles. The van der Waals surface area contributed by atoms with Crippen LogP contribution in [0.25, 0.3) is 0 Å². The Balaban J connectivity index is 2.67. The highest BCUT2D eigenvalue weighted by atomic mass is 19.4. The molecule has 0 unspecified atom stereocenters. The highest BCUT2D eigenvalue weighted by Gasteiger charge is 2.28. The second-order valence-electron chi connectivity index (χ2n) is 4.13. The molecule has 0 spiro atoms. The van der Waals surface area contributed by atoms with Gasteiger partial charge in [0.2, 0.25) is 0 Å². The minimum Gasteiger partial charge on any atom is -0.481 e. The number of hydrogen-bond donors (Lipinski definition) is 1. The van der Waals surface area contributed by atoms with Crippen LogP contribution in [0.5, 0.6) is 0 Å². The maximum absolute atomic E-state index is 12.0. The number of halogens is 3. The number of aliphatic carboxylic acids is 1. The van der Waals surface area contributed by atoms with Crippen LogP contribution in [0.2, 0.25) is 0 Å². The number of carbonyl (C=O) groups excluding carboxylic acids is 1. The zero-order valence-electron chi connectivity index (χ0n) is 11.0. The molecule has 116 valence electrons. The SMILES string of the molecule is O=C(O)CCN(C(=O)COCC(F)(F)F)c1ccccc1. The molecule has 0 fully saturated rings. The Hall–Kier alpha value is -2.09. The molecule has 1 rings (SSSR count). The number of carboxylic acids is 1. The standard InChI is InChI=1S/C13H14F3NO4/c14-13(15,16)9-21-8-11(18)17(7-6-12(19)20)10-4-2-1-3-5-10/h1-5H,6-9H2,(H,19,20). The molecule has 0 atom stereocenters. The van der Waals surface area contributed by atoms with E-state index in [4.69, 9.17) is 5.11 Å². The van der Waals surface area contributed by atoms with Gasteiger partial charge in [-0.05, 0) is 12.1 Å². The predicted octanol–water partition coefficient (Wildman–Crippen LogP) is 2.07. The second kappa shape index (κ2) is 7.63. The van der Waals surface area contributed by atoms with Gasteiger partial charge in [0, 0.05) is 12.2 Å². The van der Waals surface area contributed by atoms with Crippen LogP contribution < -0.4 is 4.90 Å². The summed E-state index contributed by atoms with van der Waals surface area (Å²) in [5.74, 6) is -1.84. The van der Waals surface area contributed by atoms with Gasteiger partial charge in [-0.25, -0.2) is 0 Å². The number of nitrogens with zero attached hydrogens (tertiary/aromatic N) is 1. The second-order valence-corrected chi connectivity index (χ2v) is 4.13. The van der Waals surface area contributed by atoms with E-state index in [2.05, 4.69) is 4.74 Å². The van der Waals surface area contributed by atoms with Crippen LogP contribution in [0, 0.1) is 0 Å². The van der Waals surface area contributed by atoms with E-state index in [-0.39, 0.29) is 13.0 Å². The fraction of sp³-hybridized carbons (Fsp3) is 0.385. The molecule has 0 radical (unpaired) electrons. The highest BCUT2D eigenvalue weighted by molar-refractivity contribution is 5.94. The third-order valence-corrected chi connectivity index (χ3v) is 2.41. The normalized spacial score (nSPS) is 11.2. The molecule has 0 aromatic heterocycles. The molecule has 0 aliphatic rings. The average molecular weight is 305 g/mol. The lowest BCUT2D eigenvalue weighted by atomic mass is 10.2. The molecule has 1 aromatic rings. The summed E-state index contributed by atoms with van der Waals surface area (Å²) in [6, 6.07) is 8.08. The summed E-state index contributed by atoms with van der Waals surface area (Å²) in [6.45, 7) is -2.44. The van der Waals surface area contributed by atoms with E-state index in [0.29, 0.717) is 5.69 Å². The van der Waals surface area contributed by atoms with Gasteiger partial charge < -0.3 is 14.7 Å². The van der Waals surface area contributed by atoms with Gasteiger partial charge in [-0.1, -0.05) is 18.2 Å². The van der Waals surface area contributed by atoms with E-state index in [0.717, 1.165) is 4.90 Å². The molecule has 8 heteroatoms. The Morgan fingerprint density at radius 2 is 1.81 bits per heavy atom. The number of rotatable bonds is 7. The number of anilines is 1. The Morgan fingerprint density at radius 3 is 2.33 bits per heavy atom. The first-order valence-electron chi connectivity index (χ1n) is 6.01. The van der Waals surface area contributed by atoms with E-state index in [1.54, 1.807) is 30.3 Å². The molecule has 21 heavy (non-hydrogen) atoms. The van der Waals surface area contributed by atoms with E-state index >= 15 is 0 Å². The van der Waals surface area contributed by atoms with E-state index < -0.39 is 31.3 Å². The van der Waals surface area contributed by atoms with Crippen LogP contribution in [0.1, 0.15) is 6.42 Å². The molecular weight excluding hydrogens is 291 g/mol. The Labute approximate surface area is 118 Å². The maximum Gasteiger partial charge on any atom is 0.411 e. The van der Waals surface area contributed by atoms with Crippen molar-refractivity contribution < 1.29 is 32.6 Å². The topological polar surface area (TPSA) is 66.8 Å². The van der Waals surface area contributed by atoms with Crippen LogP contribution in [-0.2, 0) is 14.3 Å². The predicted molar refractivity (Wildman–Crippen MR) is 67.9 cm³/mol. The molecule has 0 bridgehead atoms. The molecule has 0 aliphatic heterocycles. The fourth-order valence-corrected chi connectivity index (χ4v) is 1.55. The average Bonchev–Trinajstić information content (AvgIpc) is 2.38. The van der Waals surface area contributed by atoms with Crippen LogP contribution in [0.15, 0.2) is 30.3 Å². The van der Waals surface area contributed by atoms with Crippen molar-refractivity contribution in [3.8, 4) is 0 Å². The minimum atomic E-state index is -4.51. The van der Waals surface area contributed by atoms with Crippen molar-refractivity contribution >= 4 is 17.6 Å². The van der Waals surface area contributed by atoms with Gasteiger partial charge in [0.25, 0.3) is 5.91 Å². The Morgan fingerprint density at radius 1 is 1.19 bits per heavy atom. The molecule has 1 N–H and O–H groups in total. The van der Waals surface area contributed by atoms with Crippen molar-refractivity contribution in [2.75, 3.05) is 24.7 Å². The number of hydrogen-bond acceptors (Lipinski definition) is 3. The summed E-state index contributed by atoms with van der Waals surface area (Å²) in [5.41, 5.74) is 0.402. The zero-order chi connectivity index (χ0) is 15.9. The zero-order valence-corrected chi connectivity index (χ0v) is 11.0.